The number of hydrogen-bond donors (Lipinski definition) is 1. The van der Waals surface area contributed by atoms with E-state index in [0.717, 1.165) is 24.6 Å². The monoisotopic (exact) mass is 234 g/mol. The summed E-state index contributed by atoms with van der Waals surface area (Å²) >= 11 is 0. The Morgan fingerprint density at radius 3 is 2.94 bits per heavy atom. The molecule has 0 amide bonds. The van der Waals surface area contributed by atoms with Crippen LogP contribution in [0, 0.1) is 23.5 Å². The second-order valence-corrected chi connectivity index (χ2v) is 4.48. The van der Waals surface area contributed by atoms with Crippen LogP contribution in [0.4, 0.5) is 14.5 Å². The van der Waals surface area contributed by atoms with Gasteiger partial charge < -0.3 is 0 Å². The molecule has 0 saturated heterocycles. The molecule has 0 spiro atoms. The molecule has 2 nitrogen and oxygen atoms in total. The molecule has 88 valence electrons. The number of hydrazone groups is 1. The fourth-order valence-corrected chi connectivity index (χ4v) is 2.38. The van der Waals surface area contributed by atoms with Gasteiger partial charge in [0.25, 0.3) is 0 Å². The zero-order valence-electron chi connectivity index (χ0n) is 9.16. The van der Waals surface area contributed by atoms with Crippen LogP contribution in [0.3, 0.4) is 0 Å². The van der Waals surface area contributed by atoms with Crippen molar-refractivity contribution in [3.63, 3.8) is 0 Å². The number of anilines is 1. The molecule has 1 fully saturated rings. The largest absolute Gasteiger partial charge is 0.276 e. The average Bonchev–Trinajstić information content (AvgIpc) is 2.63. The van der Waals surface area contributed by atoms with E-state index in [9.17, 15) is 8.78 Å². The summed E-state index contributed by atoms with van der Waals surface area (Å²) in [5, 5.41) is 4.20. The Labute approximate surface area is 98.0 Å². The maximum atomic E-state index is 13.3. The van der Waals surface area contributed by atoms with E-state index in [1.807, 2.05) is 0 Å². The van der Waals surface area contributed by atoms with Crippen molar-refractivity contribution in [1.29, 1.82) is 0 Å². The Kier molecular flexibility index (Phi) is 2.42. The number of benzene rings is 1. The number of nitrogens with zero attached hydrogens (tertiary/aromatic N) is 1. The molecule has 4 heteroatoms. The lowest BCUT2D eigenvalue weighted by Crippen LogP contribution is -2.33. The van der Waals surface area contributed by atoms with Crippen molar-refractivity contribution in [2.75, 3.05) is 5.43 Å². The van der Waals surface area contributed by atoms with Crippen molar-refractivity contribution in [2.45, 2.75) is 12.8 Å². The summed E-state index contributed by atoms with van der Waals surface area (Å²) in [5.41, 5.74) is 3.96. The van der Waals surface area contributed by atoms with Gasteiger partial charge in [0.15, 0.2) is 5.82 Å². The van der Waals surface area contributed by atoms with Crippen LogP contribution in [0.1, 0.15) is 12.8 Å². The molecule has 2 aliphatic carbocycles. The van der Waals surface area contributed by atoms with Crippen molar-refractivity contribution < 1.29 is 8.78 Å². The van der Waals surface area contributed by atoms with Crippen LogP contribution in [-0.2, 0) is 0 Å². The normalized spacial score (nSPS) is 28.0. The van der Waals surface area contributed by atoms with Gasteiger partial charge in [-0.05, 0) is 30.9 Å². The van der Waals surface area contributed by atoms with Crippen molar-refractivity contribution in [3.8, 4) is 0 Å². The van der Waals surface area contributed by atoms with E-state index in [2.05, 4.69) is 22.7 Å². The lowest BCUT2D eigenvalue weighted by Gasteiger charge is -2.31. The Morgan fingerprint density at radius 2 is 2.18 bits per heavy atom. The van der Waals surface area contributed by atoms with Crippen molar-refractivity contribution >= 4 is 11.4 Å². The van der Waals surface area contributed by atoms with Crippen molar-refractivity contribution in [3.05, 3.63) is 42.0 Å². The van der Waals surface area contributed by atoms with Gasteiger partial charge in [0.1, 0.15) is 5.82 Å². The third-order valence-electron chi connectivity index (χ3n) is 3.41. The molecule has 1 aromatic carbocycles. The second-order valence-electron chi connectivity index (χ2n) is 4.48. The van der Waals surface area contributed by atoms with E-state index < -0.39 is 11.6 Å². The van der Waals surface area contributed by atoms with E-state index >= 15 is 0 Å². The van der Waals surface area contributed by atoms with Gasteiger partial charge in [0, 0.05) is 17.7 Å². The topological polar surface area (TPSA) is 24.4 Å². The number of halogens is 2. The smallest absolute Gasteiger partial charge is 0.151 e. The maximum absolute atomic E-state index is 13.3. The Balaban J connectivity index is 1.70. The predicted octanol–water partition coefficient (Wildman–Crippen LogP) is 3.33. The lowest BCUT2D eigenvalue weighted by atomic mass is 9.74. The highest BCUT2D eigenvalue weighted by atomic mass is 19.1. The van der Waals surface area contributed by atoms with Crippen LogP contribution in [-0.4, -0.2) is 5.71 Å². The van der Waals surface area contributed by atoms with E-state index in [0.29, 0.717) is 11.8 Å². The summed E-state index contributed by atoms with van der Waals surface area (Å²) in [4.78, 5) is 0. The number of nitrogens with one attached hydrogen (secondary N) is 1. The molecule has 0 aromatic heterocycles. The molecular formula is C13H12F2N2. The minimum atomic E-state index is -0.616. The summed E-state index contributed by atoms with van der Waals surface area (Å²) < 4.78 is 26.0. The van der Waals surface area contributed by atoms with E-state index in [1.165, 1.54) is 12.1 Å². The molecule has 0 aliphatic heterocycles. The van der Waals surface area contributed by atoms with Crippen LogP contribution in [0.5, 0.6) is 0 Å². The Morgan fingerprint density at radius 1 is 1.29 bits per heavy atom. The van der Waals surface area contributed by atoms with Crippen LogP contribution in [0.2, 0.25) is 0 Å². The molecule has 0 radical (unpaired) electrons. The van der Waals surface area contributed by atoms with Crippen molar-refractivity contribution in [1.82, 2.24) is 0 Å². The first-order valence-corrected chi connectivity index (χ1v) is 5.68. The highest BCUT2D eigenvalue weighted by molar-refractivity contribution is 5.94. The second kappa shape index (κ2) is 3.95. The first-order chi connectivity index (χ1) is 8.24. The molecule has 1 N–H and O–H groups in total. The summed E-state index contributed by atoms with van der Waals surface area (Å²) in [6.07, 6.45) is 6.34. The van der Waals surface area contributed by atoms with Gasteiger partial charge in [0.2, 0.25) is 0 Å². The predicted molar refractivity (Wildman–Crippen MR) is 62.8 cm³/mol. The number of rotatable bonds is 2. The zero-order chi connectivity index (χ0) is 11.8. The van der Waals surface area contributed by atoms with E-state index in [1.54, 1.807) is 0 Å². The zero-order valence-corrected chi connectivity index (χ0v) is 9.16. The van der Waals surface area contributed by atoms with Gasteiger partial charge in [-0.3, -0.25) is 5.43 Å². The molecule has 2 aliphatic rings. The molecule has 3 rings (SSSR count). The molecular weight excluding hydrogens is 222 g/mol. The minimum Gasteiger partial charge on any atom is -0.276 e. The standard InChI is InChI=1S/C13H12F2N2/c14-9-4-5-12(11(15)7-9)16-17-13-6-8-2-1-3-10(8)13/h1-2,4-5,7-8,10,16H,3,6H2/b17-13-/t8-,10-/m1/s1. The molecule has 2 atom stereocenters. The molecule has 0 unspecified atom stereocenters. The molecule has 1 saturated carbocycles. The quantitative estimate of drug-likeness (QED) is 0.616. The highest BCUT2D eigenvalue weighted by Crippen LogP contribution is 2.40. The van der Waals surface area contributed by atoms with Crippen LogP contribution >= 0.6 is 0 Å². The fourth-order valence-electron chi connectivity index (χ4n) is 2.38. The average molecular weight is 234 g/mol. The maximum Gasteiger partial charge on any atom is 0.151 e. The molecule has 0 heterocycles. The third kappa shape index (κ3) is 1.84. The fraction of sp³-hybridized carbons (Fsp3) is 0.308. The summed E-state index contributed by atoms with van der Waals surface area (Å²) in [7, 11) is 0. The van der Waals surface area contributed by atoms with Crippen LogP contribution in [0.25, 0.3) is 0 Å². The van der Waals surface area contributed by atoms with Gasteiger partial charge in [-0.2, -0.15) is 5.10 Å². The van der Waals surface area contributed by atoms with Gasteiger partial charge in [0.05, 0.1) is 5.69 Å². The minimum absolute atomic E-state index is 0.216. The lowest BCUT2D eigenvalue weighted by molar-refractivity contribution is 0.466. The van der Waals surface area contributed by atoms with Gasteiger partial charge in [-0.1, -0.05) is 12.2 Å². The summed E-state index contributed by atoms with van der Waals surface area (Å²) in [6, 6.07) is 3.42. The number of fused-ring (bicyclic) bond motifs is 1. The summed E-state index contributed by atoms with van der Waals surface area (Å²) in [5.74, 6) is -0.0844. The van der Waals surface area contributed by atoms with Crippen LogP contribution < -0.4 is 5.43 Å². The first-order valence-electron chi connectivity index (χ1n) is 5.68. The number of allylic oxidation sites excluding steroid dienone is 2. The van der Waals surface area contributed by atoms with E-state index in [-0.39, 0.29) is 5.69 Å². The van der Waals surface area contributed by atoms with Gasteiger partial charge in [-0.15, -0.1) is 0 Å². The molecule has 1 aromatic rings. The number of hydrogen-bond acceptors (Lipinski definition) is 2. The van der Waals surface area contributed by atoms with Gasteiger partial charge in [-0.25, -0.2) is 8.78 Å². The Hall–Kier alpha value is -1.71. The molecule has 0 bridgehead atoms. The van der Waals surface area contributed by atoms with Crippen LogP contribution in [0.15, 0.2) is 35.5 Å². The third-order valence-corrected chi connectivity index (χ3v) is 3.41. The SMILES string of the molecule is Fc1ccc(N/N=C2/C[C@H]3C=CC[C@@H]23)c(F)c1. The first kappa shape index (κ1) is 10.4. The highest BCUT2D eigenvalue weighted by Gasteiger charge is 2.37. The van der Waals surface area contributed by atoms with E-state index in [4.69, 9.17) is 0 Å². The van der Waals surface area contributed by atoms with Crippen molar-refractivity contribution in [2.24, 2.45) is 16.9 Å². The molecule has 17 heavy (non-hydrogen) atoms. The summed E-state index contributed by atoms with van der Waals surface area (Å²) in [6.45, 7) is 0. The Bertz CT molecular complexity index is 508. The van der Waals surface area contributed by atoms with Gasteiger partial charge >= 0.3 is 0 Å².